The van der Waals surface area contributed by atoms with Crippen molar-refractivity contribution in [1.29, 1.82) is 0 Å². The molecule has 0 saturated carbocycles. The van der Waals surface area contributed by atoms with E-state index >= 15 is 0 Å². The molecule has 0 aliphatic rings. The first kappa shape index (κ1) is 20.8. The predicted molar refractivity (Wildman–Crippen MR) is 108 cm³/mol. The van der Waals surface area contributed by atoms with Crippen LogP contribution < -0.4 is 14.8 Å². The zero-order valence-electron chi connectivity index (χ0n) is 16.9. The largest absolute Gasteiger partial charge is 0.496 e. The normalized spacial score (nSPS) is 12.1. The van der Waals surface area contributed by atoms with Crippen molar-refractivity contribution in [3.63, 3.8) is 0 Å². The summed E-state index contributed by atoms with van der Waals surface area (Å²) < 4.78 is 11.0. The standard InChI is InChI=1S/C22H30N2O3/c1-16(2)17-10-12-18(13-11-17)27-15-22(25)23-14-20(24(3)4)19-8-6-7-9-21(19)26-5/h6-13,16,20H,14-15H2,1-5H3,(H,23,25). The highest BCUT2D eigenvalue weighted by Gasteiger charge is 2.19. The first-order chi connectivity index (χ1) is 12.9. The van der Waals surface area contributed by atoms with Gasteiger partial charge in [-0.15, -0.1) is 0 Å². The van der Waals surface area contributed by atoms with Gasteiger partial charge in [-0.25, -0.2) is 0 Å². The summed E-state index contributed by atoms with van der Waals surface area (Å²) in [6.45, 7) is 4.76. The Bertz CT molecular complexity index is 727. The van der Waals surface area contributed by atoms with Crippen LogP contribution in [0.4, 0.5) is 0 Å². The molecule has 1 unspecified atom stereocenters. The van der Waals surface area contributed by atoms with Crippen LogP contribution in [0.3, 0.4) is 0 Å². The Balaban J connectivity index is 1.90. The Morgan fingerprint density at radius 2 is 1.74 bits per heavy atom. The number of nitrogens with zero attached hydrogens (tertiary/aromatic N) is 1. The molecule has 1 amide bonds. The van der Waals surface area contributed by atoms with Gasteiger partial charge in [0.15, 0.2) is 6.61 Å². The molecule has 0 fully saturated rings. The summed E-state index contributed by atoms with van der Waals surface area (Å²) in [5, 5.41) is 2.95. The van der Waals surface area contributed by atoms with Crippen molar-refractivity contribution in [3.05, 3.63) is 59.7 Å². The molecule has 146 valence electrons. The van der Waals surface area contributed by atoms with Crippen LogP contribution in [-0.4, -0.2) is 45.2 Å². The third-order valence-electron chi connectivity index (χ3n) is 4.53. The van der Waals surface area contributed by atoms with Crippen LogP contribution in [0.2, 0.25) is 0 Å². The van der Waals surface area contributed by atoms with E-state index in [4.69, 9.17) is 9.47 Å². The van der Waals surface area contributed by atoms with Crippen LogP contribution >= 0.6 is 0 Å². The molecule has 0 aliphatic heterocycles. The van der Waals surface area contributed by atoms with Crippen LogP contribution in [0, 0.1) is 0 Å². The van der Waals surface area contributed by atoms with E-state index in [1.807, 2.05) is 62.6 Å². The molecule has 27 heavy (non-hydrogen) atoms. The molecule has 0 saturated heterocycles. The third-order valence-corrected chi connectivity index (χ3v) is 4.53. The molecule has 2 aromatic rings. The number of rotatable bonds is 9. The van der Waals surface area contributed by atoms with Crippen molar-refractivity contribution < 1.29 is 14.3 Å². The molecule has 0 bridgehead atoms. The summed E-state index contributed by atoms with van der Waals surface area (Å²) in [6.07, 6.45) is 0. The molecular formula is C22H30N2O3. The highest BCUT2D eigenvalue weighted by molar-refractivity contribution is 5.77. The topological polar surface area (TPSA) is 50.8 Å². The minimum Gasteiger partial charge on any atom is -0.496 e. The molecule has 2 rings (SSSR count). The van der Waals surface area contributed by atoms with Crippen molar-refractivity contribution in [1.82, 2.24) is 10.2 Å². The zero-order valence-corrected chi connectivity index (χ0v) is 16.9. The van der Waals surface area contributed by atoms with Gasteiger partial charge in [-0.2, -0.15) is 0 Å². The second-order valence-electron chi connectivity index (χ2n) is 7.04. The van der Waals surface area contributed by atoms with Crippen LogP contribution in [0.5, 0.6) is 11.5 Å². The average molecular weight is 370 g/mol. The molecule has 0 radical (unpaired) electrons. The van der Waals surface area contributed by atoms with Crippen molar-refractivity contribution in [2.45, 2.75) is 25.8 Å². The Morgan fingerprint density at radius 3 is 2.33 bits per heavy atom. The number of hydrogen-bond donors (Lipinski definition) is 1. The van der Waals surface area contributed by atoms with Crippen LogP contribution in [-0.2, 0) is 4.79 Å². The second kappa shape index (κ2) is 9.97. The van der Waals surface area contributed by atoms with E-state index < -0.39 is 0 Å². The molecule has 1 atom stereocenters. The van der Waals surface area contributed by atoms with Gasteiger partial charge in [0.25, 0.3) is 5.91 Å². The lowest BCUT2D eigenvalue weighted by molar-refractivity contribution is -0.123. The molecule has 0 aromatic heterocycles. The number of methoxy groups -OCH3 is 1. The van der Waals surface area contributed by atoms with Gasteiger partial charge >= 0.3 is 0 Å². The second-order valence-corrected chi connectivity index (χ2v) is 7.04. The first-order valence-electron chi connectivity index (χ1n) is 9.21. The van der Waals surface area contributed by atoms with E-state index in [1.165, 1.54) is 5.56 Å². The van der Waals surface area contributed by atoms with Gasteiger partial charge in [0.1, 0.15) is 11.5 Å². The molecule has 0 heterocycles. The predicted octanol–water partition coefficient (Wildman–Crippen LogP) is 3.62. The lowest BCUT2D eigenvalue weighted by Crippen LogP contribution is -2.37. The zero-order chi connectivity index (χ0) is 19.8. The van der Waals surface area contributed by atoms with Gasteiger partial charge in [0.2, 0.25) is 0 Å². The van der Waals surface area contributed by atoms with Gasteiger partial charge in [0, 0.05) is 12.1 Å². The van der Waals surface area contributed by atoms with E-state index in [2.05, 4.69) is 24.1 Å². The van der Waals surface area contributed by atoms with Crippen molar-refractivity contribution >= 4 is 5.91 Å². The van der Waals surface area contributed by atoms with E-state index in [0.717, 1.165) is 11.3 Å². The number of nitrogens with one attached hydrogen (secondary N) is 1. The number of likely N-dealkylation sites (N-methyl/N-ethyl adjacent to an activating group) is 1. The smallest absolute Gasteiger partial charge is 0.258 e. The summed E-state index contributed by atoms with van der Waals surface area (Å²) in [6, 6.07) is 15.7. The van der Waals surface area contributed by atoms with Gasteiger partial charge in [-0.05, 0) is 43.8 Å². The lowest BCUT2D eigenvalue weighted by atomic mass is 10.0. The van der Waals surface area contributed by atoms with Crippen LogP contribution in [0.25, 0.3) is 0 Å². The van der Waals surface area contributed by atoms with Gasteiger partial charge in [0.05, 0.1) is 13.2 Å². The van der Waals surface area contributed by atoms with Gasteiger partial charge < -0.3 is 19.7 Å². The Kier molecular flexibility index (Phi) is 7.67. The number of carbonyl (C=O) groups excluding carboxylic acids is 1. The summed E-state index contributed by atoms with van der Waals surface area (Å²) in [4.78, 5) is 14.3. The SMILES string of the molecule is COc1ccccc1C(CNC(=O)COc1ccc(C(C)C)cc1)N(C)C. The molecule has 0 spiro atoms. The van der Waals surface area contributed by atoms with Crippen LogP contribution in [0.1, 0.15) is 36.9 Å². The lowest BCUT2D eigenvalue weighted by Gasteiger charge is -2.26. The Hall–Kier alpha value is -2.53. The van der Waals surface area contributed by atoms with E-state index in [1.54, 1.807) is 7.11 Å². The fraction of sp³-hybridized carbons (Fsp3) is 0.409. The minimum absolute atomic E-state index is 0.00685. The van der Waals surface area contributed by atoms with E-state index in [9.17, 15) is 4.79 Å². The monoisotopic (exact) mass is 370 g/mol. The van der Waals surface area contributed by atoms with Crippen molar-refractivity contribution in [3.8, 4) is 11.5 Å². The third kappa shape index (κ3) is 6.00. The minimum atomic E-state index is -0.148. The molecule has 5 heteroatoms. The summed E-state index contributed by atoms with van der Waals surface area (Å²) in [7, 11) is 5.62. The molecule has 1 N–H and O–H groups in total. The average Bonchev–Trinajstić information content (AvgIpc) is 2.67. The van der Waals surface area contributed by atoms with Crippen molar-refractivity contribution in [2.75, 3.05) is 34.4 Å². The number of carbonyl (C=O) groups is 1. The van der Waals surface area contributed by atoms with Gasteiger partial charge in [-0.1, -0.05) is 44.2 Å². The number of benzene rings is 2. The fourth-order valence-corrected chi connectivity index (χ4v) is 2.87. The molecule has 0 aliphatic carbocycles. The highest BCUT2D eigenvalue weighted by atomic mass is 16.5. The van der Waals surface area contributed by atoms with E-state index in [0.29, 0.717) is 18.2 Å². The quantitative estimate of drug-likeness (QED) is 0.732. The molecular weight excluding hydrogens is 340 g/mol. The molecule has 5 nitrogen and oxygen atoms in total. The fourth-order valence-electron chi connectivity index (χ4n) is 2.87. The highest BCUT2D eigenvalue weighted by Crippen LogP contribution is 2.27. The Morgan fingerprint density at radius 1 is 1.07 bits per heavy atom. The molecule has 2 aromatic carbocycles. The summed E-state index contributed by atoms with van der Waals surface area (Å²) in [5.41, 5.74) is 2.29. The maximum absolute atomic E-state index is 12.2. The van der Waals surface area contributed by atoms with E-state index in [-0.39, 0.29) is 18.6 Å². The number of hydrogen-bond acceptors (Lipinski definition) is 4. The summed E-state index contributed by atoms with van der Waals surface area (Å²) in [5.74, 6) is 1.83. The number of ether oxygens (including phenoxy) is 2. The first-order valence-corrected chi connectivity index (χ1v) is 9.21. The van der Waals surface area contributed by atoms with Crippen molar-refractivity contribution in [2.24, 2.45) is 0 Å². The maximum Gasteiger partial charge on any atom is 0.258 e. The summed E-state index contributed by atoms with van der Waals surface area (Å²) >= 11 is 0. The number of amides is 1. The van der Waals surface area contributed by atoms with Gasteiger partial charge in [-0.3, -0.25) is 4.79 Å². The maximum atomic E-state index is 12.2. The number of para-hydroxylation sites is 1. The van der Waals surface area contributed by atoms with Crippen LogP contribution in [0.15, 0.2) is 48.5 Å². The Labute approximate surface area is 162 Å².